The largest absolute Gasteiger partial charge is 0.484 e. The predicted molar refractivity (Wildman–Crippen MR) is 115 cm³/mol. The highest BCUT2D eigenvalue weighted by Gasteiger charge is 2.41. The Bertz CT molecular complexity index is 1230. The number of nitrogens with one attached hydrogen (secondary N) is 1. The first-order valence-electron chi connectivity index (χ1n) is 9.71. The van der Waals surface area contributed by atoms with Crippen LogP contribution in [0.15, 0.2) is 35.5 Å². The fourth-order valence-electron chi connectivity index (χ4n) is 3.51. The van der Waals surface area contributed by atoms with Gasteiger partial charge in [-0.3, -0.25) is 4.79 Å². The van der Waals surface area contributed by atoms with Gasteiger partial charge >= 0.3 is 0 Å². The zero-order valence-electron chi connectivity index (χ0n) is 17.6. The maximum Gasteiger partial charge on any atom is 0.274 e. The number of fused-ring (bicyclic) bond motifs is 1. The van der Waals surface area contributed by atoms with Crippen LogP contribution in [0.4, 0.5) is 10.1 Å². The van der Waals surface area contributed by atoms with Gasteiger partial charge < -0.3 is 20.5 Å². The van der Waals surface area contributed by atoms with Crippen molar-refractivity contribution in [2.24, 2.45) is 10.7 Å². The zero-order chi connectivity index (χ0) is 23.3. The van der Waals surface area contributed by atoms with E-state index in [0.717, 1.165) is 10.4 Å². The van der Waals surface area contributed by atoms with E-state index in [-0.39, 0.29) is 29.0 Å². The molecule has 0 aliphatic carbocycles. The Labute approximate surface area is 184 Å². The summed E-state index contributed by atoms with van der Waals surface area (Å²) in [5.74, 6) is -1.12. The zero-order valence-corrected chi connectivity index (χ0v) is 18.4. The summed E-state index contributed by atoms with van der Waals surface area (Å²) in [6, 6.07) is 5.29. The molecule has 170 valence electrons. The number of anilines is 1. The molecule has 2 aliphatic heterocycles. The molecule has 0 saturated heterocycles. The van der Waals surface area contributed by atoms with Crippen LogP contribution in [0.5, 0.6) is 11.5 Å². The Morgan fingerprint density at radius 3 is 2.81 bits per heavy atom. The van der Waals surface area contributed by atoms with Crippen molar-refractivity contribution in [3.63, 3.8) is 0 Å². The molecule has 3 N–H and O–H groups in total. The molecule has 0 unspecified atom stereocenters. The van der Waals surface area contributed by atoms with Crippen molar-refractivity contribution in [2.45, 2.75) is 25.5 Å². The molecule has 1 aromatic heterocycles. The highest BCUT2D eigenvalue weighted by atomic mass is 32.2. The number of aromatic nitrogens is 1. The maximum atomic E-state index is 14.7. The predicted octanol–water partition coefficient (Wildman–Crippen LogP) is 1.44. The van der Waals surface area contributed by atoms with Crippen molar-refractivity contribution in [1.82, 2.24) is 9.29 Å². The van der Waals surface area contributed by atoms with Crippen LogP contribution in [-0.2, 0) is 15.6 Å². The number of halogens is 1. The van der Waals surface area contributed by atoms with Gasteiger partial charge in [-0.25, -0.2) is 27.1 Å². The lowest BCUT2D eigenvalue weighted by molar-refractivity contribution is 0.0989. The monoisotopic (exact) mass is 463 g/mol. The van der Waals surface area contributed by atoms with E-state index < -0.39 is 33.0 Å². The van der Waals surface area contributed by atoms with E-state index in [1.54, 1.807) is 0 Å². The Morgan fingerprint density at radius 2 is 2.09 bits per heavy atom. The van der Waals surface area contributed by atoms with Crippen LogP contribution in [0.1, 0.15) is 29.9 Å². The first-order chi connectivity index (χ1) is 15.0. The molecule has 2 aliphatic rings. The minimum atomic E-state index is -3.79. The second kappa shape index (κ2) is 7.62. The summed E-state index contributed by atoms with van der Waals surface area (Å²) in [6.45, 7) is 3.69. The standard InChI is InChI=1S/C20H22FN5O5S/c1-11-9-30-17-8-23-15(7-16(17)31-11)18(27)24-12-4-5-14(21)13(6-12)20(2)10-32(28,29)26(3)19(22)25-20/h4-8,11H,9-10H2,1-3H3,(H2,22,25)(H,24,27)/t11-,20-/m0/s1. The van der Waals surface area contributed by atoms with Gasteiger partial charge in [-0.2, -0.15) is 0 Å². The number of benzene rings is 1. The van der Waals surface area contributed by atoms with E-state index in [1.165, 1.54) is 38.4 Å². The molecule has 0 fully saturated rings. The number of nitrogens with zero attached hydrogens (tertiary/aromatic N) is 3. The summed E-state index contributed by atoms with van der Waals surface area (Å²) in [4.78, 5) is 21.0. The molecular weight excluding hydrogens is 441 g/mol. The molecule has 12 heteroatoms. The van der Waals surface area contributed by atoms with E-state index in [9.17, 15) is 17.6 Å². The Hall–Kier alpha value is -3.41. The van der Waals surface area contributed by atoms with Gasteiger partial charge in [0, 0.05) is 24.4 Å². The van der Waals surface area contributed by atoms with Crippen molar-refractivity contribution >= 4 is 27.6 Å². The third-order valence-electron chi connectivity index (χ3n) is 5.24. The molecule has 0 spiro atoms. The number of rotatable bonds is 3. The molecule has 4 rings (SSSR count). The second-order valence-electron chi connectivity index (χ2n) is 7.87. The normalized spacial score (nSPS) is 23.9. The molecule has 10 nitrogen and oxygen atoms in total. The summed E-state index contributed by atoms with van der Waals surface area (Å²) in [7, 11) is -2.51. The van der Waals surface area contributed by atoms with Crippen LogP contribution < -0.4 is 20.5 Å². The molecule has 3 heterocycles. The average molecular weight is 463 g/mol. The molecule has 1 aromatic carbocycles. The number of nitrogens with two attached hydrogens (primary N) is 1. The number of sulfonamides is 1. The summed E-state index contributed by atoms with van der Waals surface area (Å²) in [5.41, 5.74) is 4.58. The van der Waals surface area contributed by atoms with E-state index >= 15 is 0 Å². The molecule has 0 bridgehead atoms. The topological polar surface area (TPSA) is 136 Å². The van der Waals surface area contributed by atoms with Gasteiger partial charge in [-0.15, -0.1) is 0 Å². The molecule has 32 heavy (non-hydrogen) atoms. The number of amides is 1. The van der Waals surface area contributed by atoms with Gasteiger partial charge in [0.15, 0.2) is 11.5 Å². The van der Waals surface area contributed by atoms with Crippen molar-refractivity contribution in [3.05, 3.63) is 47.5 Å². The summed E-state index contributed by atoms with van der Waals surface area (Å²) in [5, 5.41) is 2.64. The van der Waals surface area contributed by atoms with Gasteiger partial charge in [0.25, 0.3) is 5.91 Å². The number of hydrogen-bond acceptors (Lipinski definition) is 8. The molecule has 1 amide bonds. The quantitative estimate of drug-likeness (QED) is 0.703. The van der Waals surface area contributed by atoms with Crippen molar-refractivity contribution in [1.29, 1.82) is 0 Å². The fraction of sp³-hybridized carbons (Fsp3) is 0.350. The van der Waals surface area contributed by atoms with E-state index in [1.807, 2.05) is 6.92 Å². The Morgan fingerprint density at radius 1 is 1.34 bits per heavy atom. The lowest BCUT2D eigenvalue weighted by Crippen LogP contribution is -2.50. The number of aliphatic imine (C=N–C) groups is 1. The number of pyridine rings is 1. The van der Waals surface area contributed by atoms with Gasteiger partial charge in [-0.05, 0) is 32.0 Å². The van der Waals surface area contributed by atoms with Gasteiger partial charge in [0.05, 0.1) is 11.9 Å². The van der Waals surface area contributed by atoms with Crippen LogP contribution in [0.2, 0.25) is 0 Å². The summed E-state index contributed by atoms with van der Waals surface area (Å²) in [6.07, 6.45) is 1.23. The summed E-state index contributed by atoms with van der Waals surface area (Å²) >= 11 is 0. The molecular formula is C20H22FN5O5S. The lowest BCUT2D eigenvalue weighted by atomic mass is 9.93. The second-order valence-corrected chi connectivity index (χ2v) is 9.87. The number of carbonyl (C=O) groups excluding carboxylic acids is 1. The van der Waals surface area contributed by atoms with E-state index in [4.69, 9.17) is 15.2 Å². The van der Waals surface area contributed by atoms with Crippen LogP contribution in [-0.4, -0.2) is 55.1 Å². The highest BCUT2D eigenvalue weighted by Crippen LogP contribution is 2.35. The van der Waals surface area contributed by atoms with E-state index in [0.29, 0.717) is 18.1 Å². The minimum Gasteiger partial charge on any atom is -0.484 e. The van der Waals surface area contributed by atoms with Gasteiger partial charge in [-0.1, -0.05) is 0 Å². The molecule has 0 radical (unpaired) electrons. The Balaban J connectivity index is 1.63. The molecule has 2 aromatic rings. The minimum absolute atomic E-state index is 0.0149. The Kier molecular flexibility index (Phi) is 5.19. The number of guanidine groups is 1. The van der Waals surface area contributed by atoms with E-state index in [2.05, 4.69) is 15.3 Å². The fourth-order valence-corrected chi connectivity index (χ4v) is 4.96. The van der Waals surface area contributed by atoms with Crippen LogP contribution >= 0.6 is 0 Å². The van der Waals surface area contributed by atoms with Crippen LogP contribution in [0.25, 0.3) is 0 Å². The van der Waals surface area contributed by atoms with Crippen LogP contribution in [0, 0.1) is 5.82 Å². The first-order valence-corrected chi connectivity index (χ1v) is 11.3. The summed E-state index contributed by atoms with van der Waals surface area (Å²) < 4.78 is 51.5. The van der Waals surface area contributed by atoms with Crippen molar-refractivity contribution < 1.29 is 27.1 Å². The first kappa shape index (κ1) is 21.8. The SMILES string of the molecule is C[C@H]1COc2cnc(C(=O)Nc3ccc(F)c([C@]4(C)CS(=O)(=O)N(C)C(N)=N4)c3)cc2O1. The number of hydrogen-bond donors (Lipinski definition) is 2. The van der Waals surface area contributed by atoms with Crippen LogP contribution in [0.3, 0.4) is 0 Å². The molecule has 2 atom stereocenters. The lowest BCUT2D eigenvalue weighted by Gasteiger charge is -2.34. The number of carbonyl (C=O) groups is 1. The highest BCUT2D eigenvalue weighted by molar-refractivity contribution is 7.89. The number of ether oxygens (including phenoxy) is 2. The van der Waals surface area contributed by atoms with Gasteiger partial charge in [0.2, 0.25) is 16.0 Å². The smallest absolute Gasteiger partial charge is 0.274 e. The maximum absolute atomic E-state index is 14.7. The van der Waals surface area contributed by atoms with Crippen molar-refractivity contribution in [2.75, 3.05) is 24.7 Å². The third-order valence-corrected chi connectivity index (χ3v) is 7.18. The third kappa shape index (κ3) is 3.93. The van der Waals surface area contributed by atoms with Crippen molar-refractivity contribution in [3.8, 4) is 11.5 Å². The average Bonchev–Trinajstić information content (AvgIpc) is 2.72. The molecule has 0 saturated carbocycles. The van der Waals surface area contributed by atoms with Gasteiger partial charge in [0.1, 0.15) is 29.8 Å².